The number of carbonyl (C=O) groups excluding carboxylic acids is 4. The van der Waals surface area contributed by atoms with E-state index in [0.29, 0.717) is 0 Å². The van der Waals surface area contributed by atoms with Gasteiger partial charge in [0.2, 0.25) is 0 Å². The Labute approximate surface area is 327 Å². The molecule has 2 fully saturated rings. The number of carbonyl (C=O) groups is 4. The van der Waals surface area contributed by atoms with Crippen LogP contribution in [0.25, 0.3) is 0 Å². The van der Waals surface area contributed by atoms with Gasteiger partial charge in [-0.1, -0.05) is 60.7 Å². The van der Waals surface area contributed by atoms with Crippen LogP contribution in [-0.4, -0.2) is 102 Å². The smallest absolute Gasteiger partial charge is 0.335 e. The summed E-state index contributed by atoms with van der Waals surface area (Å²) in [6.07, 6.45) is -9.86. The first kappa shape index (κ1) is 42.9. The summed E-state index contributed by atoms with van der Waals surface area (Å²) in [7, 11) is 1.41. The molecule has 0 radical (unpaired) electrons. The third kappa shape index (κ3) is 11.4. The van der Waals surface area contributed by atoms with Crippen molar-refractivity contribution in [2.45, 2.75) is 103 Å². The van der Waals surface area contributed by atoms with E-state index in [1.165, 1.54) is 23.9 Å². The van der Waals surface area contributed by atoms with Gasteiger partial charge in [-0.15, -0.1) is 0 Å². The van der Waals surface area contributed by atoms with Crippen LogP contribution in [0.15, 0.2) is 82.5 Å². The molecule has 308 valence electrons. The molecule has 2 aromatic carbocycles. The second-order valence-electron chi connectivity index (χ2n) is 13.2. The number of rotatable bonds is 17. The van der Waals surface area contributed by atoms with Gasteiger partial charge < -0.3 is 47.4 Å². The van der Waals surface area contributed by atoms with E-state index >= 15 is 0 Å². The lowest BCUT2D eigenvalue weighted by molar-refractivity contribution is -0.312. The van der Waals surface area contributed by atoms with Gasteiger partial charge in [-0.3, -0.25) is 28.5 Å². The third-order valence-electron chi connectivity index (χ3n) is 8.92. The molecule has 0 amide bonds. The molecule has 0 unspecified atom stereocenters. The van der Waals surface area contributed by atoms with Crippen LogP contribution in [0.5, 0.6) is 0 Å². The predicted octanol–water partition coefficient (Wildman–Crippen LogP) is 1.78. The van der Waals surface area contributed by atoms with E-state index in [9.17, 15) is 28.8 Å². The SMILES string of the molecule is CO[C@H]1[C@@H](OCc2ccccc2)[C@H](n2ccc(=O)n(COCc3ccccc3)c2=O)O[C@@H]1CO[C@@H]1O[C@H](COC(C)=O)[C@@H](OC(C)=O)[C@H](OC(C)=O)[C@H]1OC(C)=O. The number of aromatic nitrogens is 2. The van der Waals surface area contributed by atoms with Crippen LogP contribution in [0.4, 0.5) is 0 Å². The zero-order chi connectivity index (χ0) is 41.1. The van der Waals surface area contributed by atoms with Crippen molar-refractivity contribution in [2.24, 2.45) is 0 Å². The second kappa shape index (κ2) is 20.3. The average Bonchev–Trinajstić information content (AvgIpc) is 3.52. The van der Waals surface area contributed by atoms with Crippen molar-refractivity contribution in [3.05, 3.63) is 105 Å². The second-order valence-corrected chi connectivity index (χ2v) is 13.2. The van der Waals surface area contributed by atoms with Crippen LogP contribution in [0.1, 0.15) is 45.0 Å². The molecule has 2 saturated heterocycles. The predicted molar refractivity (Wildman–Crippen MR) is 194 cm³/mol. The Balaban J connectivity index is 1.44. The van der Waals surface area contributed by atoms with E-state index in [-0.39, 0.29) is 26.6 Å². The lowest BCUT2D eigenvalue weighted by Crippen LogP contribution is -2.63. The van der Waals surface area contributed by atoms with Gasteiger partial charge in [0, 0.05) is 47.1 Å². The molecule has 3 aromatic rings. The molecule has 2 aliphatic heterocycles. The number of nitrogens with zero attached hydrogens (tertiary/aromatic N) is 2. The first-order chi connectivity index (χ1) is 27.4. The minimum Gasteiger partial charge on any atom is -0.463 e. The number of esters is 4. The van der Waals surface area contributed by atoms with Gasteiger partial charge >= 0.3 is 29.6 Å². The highest BCUT2D eigenvalue weighted by Crippen LogP contribution is 2.35. The molecule has 2 aliphatic rings. The number of methoxy groups -OCH3 is 1. The van der Waals surface area contributed by atoms with Gasteiger partial charge in [0.05, 0.1) is 19.8 Å². The van der Waals surface area contributed by atoms with E-state index in [1.807, 2.05) is 60.7 Å². The van der Waals surface area contributed by atoms with Crippen molar-refractivity contribution < 1.29 is 66.5 Å². The highest BCUT2D eigenvalue weighted by molar-refractivity contribution is 5.68. The van der Waals surface area contributed by atoms with Crippen molar-refractivity contribution in [1.29, 1.82) is 0 Å². The monoisotopic (exact) mass is 798 g/mol. The Morgan fingerprint density at radius 3 is 1.81 bits per heavy atom. The lowest BCUT2D eigenvalue weighted by Gasteiger charge is -2.44. The molecule has 18 heteroatoms. The quantitative estimate of drug-likeness (QED) is 0.141. The fourth-order valence-electron chi connectivity index (χ4n) is 6.48. The first-order valence-electron chi connectivity index (χ1n) is 18.1. The zero-order valence-electron chi connectivity index (χ0n) is 32.1. The molecule has 0 bridgehead atoms. The van der Waals surface area contributed by atoms with Gasteiger partial charge in [0.15, 0.2) is 30.8 Å². The van der Waals surface area contributed by atoms with E-state index in [0.717, 1.165) is 43.4 Å². The molecular formula is C39H46N2O16. The Bertz CT molecular complexity index is 1940. The highest BCUT2D eigenvalue weighted by atomic mass is 16.7. The summed E-state index contributed by atoms with van der Waals surface area (Å²) in [5, 5.41) is 0. The Morgan fingerprint density at radius 1 is 0.632 bits per heavy atom. The molecule has 57 heavy (non-hydrogen) atoms. The van der Waals surface area contributed by atoms with Crippen LogP contribution in [0.2, 0.25) is 0 Å². The lowest BCUT2D eigenvalue weighted by atomic mass is 9.98. The van der Waals surface area contributed by atoms with Crippen LogP contribution in [0.3, 0.4) is 0 Å². The maximum absolute atomic E-state index is 13.9. The van der Waals surface area contributed by atoms with Crippen LogP contribution < -0.4 is 11.2 Å². The topological polar surface area (TPSA) is 205 Å². The van der Waals surface area contributed by atoms with Crippen molar-refractivity contribution in [3.8, 4) is 0 Å². The van der Waals surface area contributed by atoms with Gasteiger partial charge in [-0.05, 0) is 11.1 Å². The molecule has 1 aromatic heterocycles. The largest absolute Gasteiger partial charge is 0.463 e. The van der Waals surface area contributed by atoms with E-state index in [1.54, 1.807) is 0 Å². The molecule has 18 nitrogen and oxygen atoms in total. The van der Waals surface area contributed by atoms with E-state index in [2.05, 4.69) is 0 Å². The van der Waals surface area contributed by atoms with Crippen LogP contribution >= 0.6 is 0 Å². The summed E-state index contributed by atoms with van der Waals surface area (Å²) in [4.78, 5) is 75.4. The average molecular weight is 799 g/mol. The van der Waals surface area contributed by atoms with Gasteiger partial charge in [-0.25, -0.2) is 9.36 Å². The van der Waals surface area contributed by atoms with Crippen molar-refractivity contribution in [3.63, 3.8) is 0 Å². The summed E-state index contributed by atoms with van der Waals surface area (Å²) in [6, 6.07) is 19.7. The minimum atomic E-state index is -1.51. The first-order valence-corrected chi connectivity index (χ1v) is 18.1. The summed E-state index contributed by atoms with van der Waals surface area (Å²) >= 11 is 0. The Morgan fingerprint density at radius 2 is 1.21 bits per heavy atom. The molecule has 0 saturated carbocycles. The fraction of sp³-hybridized carbons (Fsp3) is 0.487. The molecule has 5 rings (SSSR count). The Hall–Kier alpha value is -5.24. The number of hydrogen-bond donors (Lipinski definition) is 0. The van der Waals surface area contributed by atoms with Gasteiger partial charge in [0.25, 0.3) is 5.56 Å². The van der Waals surface area contributed by atoms with Crippen molar-refractivity contribution >= 4 is 23.9 Å². The van der Waals surface area contributed by atoms with E-state index in [4.69, 9.17) is 47.4 Å². The third-order valence-corrected chi connectivity index (χ3v) is 8.92. The summed E-state index contributed by atoms with van der Waals surface area (Å²) in [6.45, 7) is 3.56. The van der Waals surface area contributed by atoms with Crippen molar-refractivity contribution in [1.82, 2.24) is 9.13 Å². The molecule has 0 aliphatic carbocycles. The maximum atomic E-state index is 13.9. The number of hydrogen-bond acceptors (Lipinski definition) is 16. The summed E-state index contributed by atoms with van der Waals surface area (Å²) in [5.74, 6) is -3.08. The number of ether oxygens (including phenoxy) is 10. The number of benzene rings is 2. The molecule has 9 atom stereocenters. The van der Waals surface area contributed by atoms with Crippen LogP contribution in [0, 0.1) is 0 Å². The standard InChI is InChI=1S/C39H46N2O16/c1-23(42)50-20-30-33(53-24(2)43)34(54-25(3)44)36(55-26(4)45)38(57-30)52-21-29-32(48-5)35(51-19-28-14-10-7-11-15-28)37(56-29)40-17-16-31(46)41(39(40)47)22-49-18-27-12-8-6-9-13-27/h6-17,29-30,32-38H,18-22H2,1-5H3/t29-,30-,32-,33-,34+,35-,36-,37-,38-/m1/s1. The molecule has 0 N–H and O–H groups in total. The van der Waals surface area contributed by atoms with Gasteiger partial charge in [0.1, 0.15) is 37.8 Å². The molecule has 0 spiro atoms. The minimum absolute atomic E-state index is 0.0904. The summed E-state index contributed by atoms with van der Waals surface area (Å²) < 4.78 is 60.4. The van der Waals surface area contributed by atoms with Gasteiger partial charge in [-0.2, -0.15) is 0 Å². The zero-order valence-corrected chi connectivity index (χ0v) is 32.1. The van der Waals surface area contributed by atoms with Crippen molar-refractivity contribution in [2.75, 3.05) is 20.3 Å². The van der Waals surface area contributed by atoms with Crippen LogP contribution in [-0.2, 0) is 86.5 Å². The fourth-order valence-corrected chi connectivity index (χ4v) is 6.48. The molecular weight excluding hydrogens is 752 g/mol. The molecule has 3 heterocycles. The van der Waals surface area contributed by atoms with E-state index < -0.39 is 97.0 Å². The maximum Gasteiger partial charge on any atom is 0.335 e. The normalized spacial score (nSPS) is 25.7. The Kier molecular flexibility index (Phi) is 15.2. The summed E-state index contributed by atoms with van der Waals surface area (Å²) in [5.41, 5.74) is 0.313. The highest BCUT2D eigenvalue weighted by Gasteiger charge is 2.54.